The monoisotopic (exact) mass is 494 g/mol. The van der Waals surface area contributed by atoms with Crippen LogP contribution in [-0.4, -0.2) is 35.3 Å². The molecular weight excluding hydrogens is 473 g/mol. The lowest BCUT2D eigenvalue weighted by Gasteiger charge is -2.21. The Labute approximate surface area is 198 Å². The highest BCUT2D eigenvalue weighted by Crippen LogP contribution is 2.59. The van der Waals surface area contributed by atoms with Gasteiger partial charge in [-0.15, -0.1) is 11.3 Å². The molecular formula is C24H22ClF3N2S2. The van der Waals surface area contributed by atoms with Gasteiger partial charge in [0, 0.05) is 40.2 Å². The zero-order chi connectivity index (χ0) is 22.3. The third-order valence-corrected chi connectivity index (χ3v) is 8.83. The Hall–Kier alpha value is -1.54. The maximum Gasteiger partial charge on any atom is 0.416 e. The molecule has 0 bridgehead atoms. The predicted molar refractivity (Wildman–Crippen MR) is 126 cm³/mol. The third-order valence-electron chi connectivity index (χ3n) is 6.47. The first kappa shape index (κ1) is 22.3. The minimum Gasteiger partial charge on any atom is -0.302 e. The zero-order valence-electron chi connectivity index (χ0n) is 17.2. The van der Waals surface area contributed by atoms with Gasteiger partial charge in [-0.2, -0.15) is 13.2 Å². The molecule has 5 rings (SSSR count). The average Bonchev–Trinajstić information content (AvgIpc) is 3.11. The highest BCUT2D eigenvalue weighted by molar-refractivity contribution is 8.01. The number of thioether (sulfide) groups is 1. The van der Waals surface area contributed by atoms with Crippen molar-refractivity contribution < 1.29 is 13.2 Å². The molecule has 0 amide bonds. The second kappa shape index (κ2) is 8.67. The molecule has 0 radical (unpaired) electrons. The number of likely N-dealkylation sites (tertiary alicyclic amines) is 1. The number of aromatic nitrogens is 1. The molecule has 1 saturated heterocycles. The minimum absolute atomic E-state index is 0.0695. The normalized spacial score (nSPS) is 22.8. The van der Waals surface area contributed by atoms with Crippen molar-refractivity contribution in [2.75, 3.05) is 25.4 Å². The SMILES string of the molecule is FC(F)(F)c1ccc([C@]23C[C@H]2CN(CCCSc2nc(-c4ccc(Cl)cc4)cs2)C3)cc1. The van der Waals surface area contributed by atoms with E-state index in [1.807, 2.05) is 24.3 Å². The first-order chi connectivity index (χ1) is 15.3. The first-order valence-electron chi connectivity index (χ1n) is 10.6. The van der Waals surface area contributed by atoms with Crippen molar-refractivity contribution in [3.8, 4) is 11.3 Å². The van der Waals surface area contributed by atoms with E-state index in [0.717, 1.165) is 64.4 Å². The number of rotatable bonds is 7. The number of hydrogen-bond donors (Lipinski definition) is 0. The summed E-state index contributed by atoms with van der Waals surface area (Å²) in [5, 5.41) is 2.80. The van der Waals surface area contributed by atoms with Gasteiger partial charge in [-0.25, -0.2) is 4.98 Å². The van der Waals surface area contributed by atoms with Crippen LogP contribution in [0, 0.1) is 5.92 Å². The molecule has 0 unspecified atom stereocenters. The fourth-order valence-electron chi connectivity index (χ4n) is 4.72. The molecule has 1 aromatic heterocycles. The molecule has 0 N–H and O–H groups in total. The van der Waals surface area contributed by atoms with Crippen LogP contribution < -0.4 is 0 Å². The quantitative estimate of drug-likeness (QED) is 0.254. The summed E-state index contributed by atoms with van der Waals surface area (Å²) in [6, 6.07) is 13.5. The van der Waals surface area contributed by atoms with Crippen LogP contribution in [0.15, 0.2) is 58.3 Å². The van der Waals surface area contributed by atoms with Crippen molar-refractivity contribution >= 4 is 34.7 Å². The maximum absolute atomic E-state index is 12.8. The molecule has 1 aliphatic carbocycles. The number of nitrogens with zero attached hydrogens (tertiary/aromatic N) is 2. The Kier molecular flexibility index (Phi) is 6.03. The molecule has 2 fully saturated rings. The molecule has 1 aliphatic heterocycles. The van der Waals surface area contributed by atoms with Crippen molar-refractivity contribution in [3.63, 3.8) is 0 Å². The van der Waals surface area contributed by atoms with Gasteiger partial charge in [-0.1, -0.05) is 47.6 Å². The highest BCUT2D eigenvalue weighted by atomic mass is 35.5. The predicted octanol–water partition coefficient (Wildman–Crippen LogP) is 7.24. The molecule has 1 saturated carbocycles. The number of fused-ring (bicyclic) bond motifs is 1. The second-order valence-electron chi connectivity index (χ2n) is 8.57. The van der Waals surface area contributed by atoms with E-state index in [4.69, 9.17) is 16.6 Å². The molecule has 0 spiro atoms. The average molecular weight is 495 g/mol. The number of hydrogen-bond acceptors (Lipinski definition) is 4. The molecule has 168 valence electrons. The minimum atomic E-state index is -4.27. The summed E-state index contributed by atoms with van der Waals surface area (Å²) in [4.78, 5) is 7.18. The van der Waals surface area contributed by atoms with Crippen LogP contribution in [0.2, 0.25) is 5.02 Å². The van der Waals surface area contributed by atoms with Crippen LogP contribution in [-0.2, 0) is 11.6 Å². The highest BCUT2D eigenvalue weighted by Gasteiger charge is 2.60. The molecule has 8 heteroatoms. The largest absolute Gasteiger partial charge is 0.416 e. The standard InChI is InChI=1S/C24H22ClF3N2S2/c25-20-8-2-16(3-9-20)21-14-32-22(29-21)31-11-1-10-30-13-19-12-23(19,15-30)17-4-6-18(7-5-17)24(26,27)28/h2-9,14,19H,1,10-13,15H2/t19-,23+/m0/s1. The van der Waals surface area contributed by atoms with Gasteiger partial charge < -0.3 is 4.90 Å². The van der Waals surface area contributed by atoms with Crippen LogP contribution in [0.5, 0.6) is 0 Å². The Morgan fingerprint density at radius 1 is 1.12 bits per heavy atom. The summed E-state index contributed by atoms with van der Waals surface area (Å²) in [7, 11) is 0. The van der Waals surface area contributed by atoms with Gasteiger partial charge in [-0.3, -0.25) is 0 Å². The first-order valence-corrected chi connectivity index (χ1v) is 12.8. The number of halogens is 4. The van der Waals surface area contributed by atoms with Crippen molar-refractivity contribution in [2.45, 2.75) is 28.8 Å². The van der Waals surface area contributed by atoms with E-state index in [1.165, 1.54) is 12.1 Å². The van der Waals surface area contributed by atoms with E-state index in [-0.39, 0.29) is 5.41 Å². The Bertz CT molecular complexity index is 1080. The van der Waals surface area contributed by atoms with E-state index >= 15 is 0 Å². The number of benzene rings is 2. The van der Waals surface area contributed by atoms with E-state index < -0.39 is 11.7 Å². The number of alkyl halides is 3. The van der Waals surface area contributed by atoms with Crippen LogP contribution in [0.1, 0.15) is 24.0 Å². The van der Waals surface area contributed by atoms with E-state index in [1.54, 1.807) is 35.2 Å². The topological polar surface area (TPSA) is 16.1 Å². The molecule has 2 heterocycles. The summed E-state index contributed by atoms with van der Waals surface area (Å²) >= 11 is 9.40. The van der Waals surface area contributed by atoms with E-state index in [0.29, 0.717) is 5.92 Å². The molecule has 2 aromatic carbocycles. The number of thiazole rings is 1. The van der Waals surface area contributed by atoms with Gasteiger partial charge in [0.15, 0.2) is 4.34 Å². The lowest BCUT2D eigenvalue weighted by molar-refractivity contribution is -0.137. The van der Waals surface area contributed by atoms with Crippen molar-refractivity contribution in [2.24, 2.45) is 5.92 Å². The van der Waals surface area contributed by atoms with Crippen molar-refractivity contribution in [1.29, 1.82) is 0 Å². The van der Waals surface area contributed by atoms with Crippen LogP contribution in [0.25, 0.3) is 11.3 Å². The Balaban J connectivity index is 1.09. The van der Waals surface area contributed by atoms with Gasteiger partial charge in [-0.05, 0) is 55.1 Å². The van der Waals surface area contributed by atoms with E-state index in [2.05, 4.69) is 10.3 Å². The lowest BCUT2D eigenvalue weighted by atomic mass is 9.94. The van der Waals surface area contributed by atoms with Gasteiger partial charge in [0.25, 0.3) is 0 Å². The maximum atomic E-state index is 12.8. The summed E-state index contributed by atoms with van der Waals surface area (Å²) in [6.07, 6.45) is -2.11. The lowest BCUT2D eigenvalue weighted by Crippen LogP contribution is -2.28. The fraction of sp³-hybridized carbons (Fsp3) is 0.375. The fourth-order valence-corrected chi connectivity index (χ4v) is 6.68. The Morgan fingerprint density at radius 3 is 2.59 bits per heavy atom. The van der Waals surface area contributed by atoms with Crippen LogP contribution in [0.3, 0.4) is 0 Å². The summed E-state index contributed by atoms with van der Waals surface area (Å²) in [5.74, 6) is 1.58. The second-order valence-corrected chi connectivity index (χ2v) is 11.2. The van der Waals surface area contributed by atoms with Gasteiger partial charge >= 0.3 is 6.18 Å². The molecule has 2 atom stereocenters. The summed E-state index contributed by atoms with van der Waals surface area (Å²) in [6.45, 7) is 3.01. The van der Waals surface area contributed by atoms with Crippen LogP contribution in [0.4, 0.5) is 13.2 Å². The van der Waals surface area contributed by atoms with Gasteiger partial charge in [0.05, 0.1) is 11.3 Å². The molecule has 3 aromatic rings. The summed E-state index contributed by atoms with van der Waals surface area (Å²) < 4.78 is 39.6. The van der Waals surface area contributed by atoms with Crippen LogP contribution >= 0.6 is 34.7 Å². The molecule has 2 aliphatic rings. The van der Waals surface area contributed by atoms with Crippen molar-refractivity contribution in [1.82, 2.24) is 9.88 Å². The molecule has 2 nitrogen and oxygen atoms in total. The van der Waals surface area contributed by atoms with E-state index in [9.17, 15) is 13.2 Å². The molecule has 32 heavy (non-hydrogen) atoms. The van der Waals surface area contributed by atoms with Crippen molar-refractivity contribution in [3.05, 3.63) is 70.1 Å². The number of piperidine rings is 1. The third kappa shape index (κ3) is 4.58. The summed E-state index contributed by atoms with van der Waals surface area (Å²) in [5.41, 5.74) is 2.61. The zero-order valence-corrected chi connectivity index (χ0v) is 19.6. The smallest absolute Gasteiger partial charge is 0.302 e. The Morgan fingerprint density at radius 2 is 1.88 bits per heavy atom. The van der Waals surface area contributed by atoms with Gasteiger partial charge in [0.2, 0.25) is 0 Å². The van der Waals surface area contributed by atoms with Gasteiger partial charge in [0.1, 0.15) is 0 Å².